The van der Waals surface area contributed by atoms with Gasteiger partial charge < -0.3 is 10.6 Å². The quantitative estimate of drug-likeness (QED) is 0.206. The van der Waals surface area contributed by atoms with Gasteiger partial charge in [0.15, 0.2) is 0 Å². The van der Waals surface area contributed by atoms with Gasteiger partial charge in [0.2, 0.25) is 5.95 Å². The molecule has 2 heterocycles. The van der Waals surface area contributed by atoms with Gasteiger partial charge in [-0.25, -0.2) is 13.8 Å². The molecule has 0 aliphatic rings. The topological polar surface area (TPSA) is 111 Å². The molecule has 0 radical (unpaired) electrons. The number of anilines is 4. The van der Waals surface area contributed by atoms with Crippen molar-refractivity contribution in [1.29, 1.82) is 0 Å². The second-order valence-corrected chi connectivity index (χ2v) is 7.22. The molecule has 2 aromatic heterocycles. The Labute approximate surface area is 193 Å². The van der Waals surface area contributed by atoms with E-state index in [2.05, 4.69) is 25.7 Å². The van der Waals surface area contributed by atoms with Crippen LogP contribution in [0.4, 0.5) is 50.8 Å². The lowest BCUT2D eigenvalue weighted by Gasteiger charge is -2.15. The molecule has 0 fully saturated rings. The van der Waals surface area contributed by atoms with Crippen molar-refractivity contribution in [2.75, 3.05) is 10.6 Å². The SMILES string of the molecule is Cn1cc(Nc2ncc(-c3ccc(C(F)(F)F)cc3F)c(Nc3cc([N+](=O)[O-])ccc3F)n2)cn1. The van der Waals surface area contributed by atoms with E-state index in [0.717, 1.165) is 30.5 Å². The van der Waals surface area contributed by atoms with Crippen molar-refractivity contribution in [3.8, 4) is 11.1 Å². The number of nitro benzene ring substituents is 1. The minimum atomic E-state index is -4.76. The number of benzene rings is 2. The van der Waals surface area contributed by atoms with Crippen molar-refractivity contribution < 1.29 is 26.9 Å². The first kappa shape index (κ1) is 23.5. The number of nitro groups is 1. The Morgan fingerprint density at radius 2 is 1.77 bits per heavy atom. The van der Waals surface area contributed by atoms with Gasteiger partial charge in [0.1, 0.15) is 17.5 Å². The van der Waals surface area contributed by atoms with Crippen molar-refractivity contribution >= 4 is 28.8 Å². The summed E-state index contributed by atoms with van der Waals surface area (Å²) in [5.41, 5.74) is -1.93. The van der Waals surface area contributed by atoms with Crippen LogP contribution in [0.25, 0.3) is 11.1 Å². The van der Waals surface area contributed by atoms with Crippen LogP contribution in [0.5, 0.6) is 0 Å². The molecule has 14 heteroatoms. The molecule has 0 unspecified atom stereocenters. The van der Waals surface area contributed by atoms with E-state index in [1.54, 1.807) is 13.2 Å². The third-order valence-electron chi connectivity index (χ3n) is 4.75. The molecule has 0 saturated heterocycles. The van der Waals surface area contributed by atoms with Crippen LogP contribution in [0.2, 0.25) is 0 Å². The van der Waals surface area contributed by atoms with Crippen LogP contribution >= 0.6 is 0 Å². The lowest BCUT2D eigenvalue weighted by Crippen LogP contribution is -2.07. The predicted octanol–water partition coefficient (Wildman–Crippen LogP) is 5.57. The zero-order valence-electron chi connectivity index (χ0n) is 17.6. The summed E-state index contributed by atoms with van der Waals surface area (Å²) in [6, 6.07) is 4.59. The van der Waals surface area contributed by atoms with Gasteiger partial charge in [0.05, 0.1) is 28.1 Å². The fraction of sp³-hybridized carbons (Fsp3) is 0.0952. The van der Waals surface area contributed by atoms with Gasteiger partial charge in [-0.15, -0.1) is 0 Å². The number of hydrogen-bond acceptors (Lipinski definition) is 7. The van der Waals surface area contributed by atoms with E-state index in [-0.39, 0.29) is 28.6 Å². The molecule has 0 aliphatic heterocycles. The molecular weight excluding hydrogens is 477 g/mol. The Hall–Kier alpha value is -4.62. The van der Waals surface area contributed by atoms with Crippen LogP contribution < -0.4 is 10.6 Å². The highest BCUT2D eigenvalue weighted by atomic mass is 19.4. The van der Waals surface area contributed by atoms with Gasteiger partial charge >= 0.3 is 6.18 Å². The number of alkyl halides is 3. The standard InChI is InChI=1S/C21H14F5N7O2/c1-32-10-12(8-28-32)29-20-27-9-15(14-4-2-11(6-17(14)23)21(24,25)26)19(31-20)30-18-7-13(33(34)35)3-5-16(18)22/h2-10H,1H3,(H2,27,29,30,31). The second kappa shape index (κ2) is 8.96. The Morgan fingerprint density at radius 1 is 1.00 bits per heavy atom. The van der Waals surface area contributed by atoms with E-state index >= 15 is 0 Å². The molecule has 0 saturated carbocycles. The Bertz CT molecular complexity index is 1420. The van der Waals surface area contributed by atoms with E-state index in [1.165, 1.54) is 10.9 Å². The van der Waals surface area contributed by atoms with Gasteiger partial charge in [0, 0.05) is 42.7 Å². The first-order valence-electron chi connectivity index (χ1n) is 9.72. The average molecular weight is 491 g/mol. The maximum atomic E-state index is 14.7. The van der Waals surface area contributed by atoms with Gasteiger partial charge in [0.25, 0.3) is 5.69 Å². The number of aromatic nitrogens is 4. The molecule has 0 amide bonds. The Morgan fingerprint density at radius 3 is 2.40 bits per heavy atom. The number of rotatable bonds is 6. The summed E-state index contributed by atoms with van der Waals surface area (Å²) in [5, 5.41) is 20.5. The number of hydrogen-bond donors (Lipinski definition) is 2. The molecular formula is C21H14F5N7O2. The molecule has 0 bridgehead atoms. The first-order chi connectivity index (χ1) is 16.5. The zero-order chi connectivity index (χ0) is 25.3. The zero-order valence-corrected chi connectivity index (χ0v) is 17.6. The van der Waals surface area contributed by atoms with Crippen molar-refractivity contribution in [3.05, 3.63) is 82.3 Å². The molecule has 2 aromatic carbocycles. The fourth-order valence-electron chi connectivity index (χ4n) is 3.11. The number of aryl methyl sites for hydroxylation is 1. The van der Waals surface area contributed by atoms with Crippen LogP contribution in [-0.2, 0) is 13.2 Å². The molecule has 35 heavy (non-hydrogen) atoms. The van der Waals surface area contributed by atoms with Crippen LogP contribution in [0.3, 0.4) is 0 Å². The number of halogens is 5. The molecule has 4 aromatic rings. The first-order valence-corrected chi connectivity index (χ1v) is 9.72. The molecule has 0 spiro atoms. The molecule has 9 nitrogen and oxygen atoms in total. The van der Waals surface area contributed by atoms with E-state index in [4.69, 9.17) is 0 Å². The van der Waals surface area contributed by atoms with Crippen LogP contribution in [0, 0.1) is 21.7 Å². The van der Waals surface area contributed by atoms with Crippen molar-refractivity contribution in [3.63, 3.8) is 0 Å². The third kappa shape index (κ3) is 5.15. The fourth-order valence-corrected chi connectivity index (χ4v) is 3.11. The largest absolute Gasteiger partial charge is 0.416 e. The monoisotopic (exact) mass is 491 g/mol. The summed E-state index contributed by atoms with van der Waals surface area (Å²) in [4.78, 5) is 18.6. The number of nitrogens with one attached hydrogen (secondary N) is 2. The Balaban J connectivity index is 1.81. The smallest absolute Gasteiger partial charge is 0.337 e. The van der Waals surface area contributed by atoms with Crippen LogP contribution in [0.15, 0.2) is 55.0 Å². The normalized spacial score (nSPS) is 11.4. The summed E-state index contributed by atoms with van der Waals surface area (Å²) in [6.07, 6.45) is -0.588. The van der Waals surface area contributed by atoms with Gasteiger partial charge in [-0.2, -0.15) is 23.3 Å². The van der Waals surface area contributed by atoms with Gasteiger partial charge in [-0.05, 0) is 18.2 Å². The minimum absolute atomic E-state index is 0.0394. The van der Waals surface area contributed by atoms with Crippen LogP contribution in [-0.4, -0.2) is 24.7 Å². The molecule has 0 aliphatic carbocycles. The van der Waals surface area contributed by atoms with E-state index in [9.17, 15) is 32.1 Å². The van der Waals surface area contributed by atoms with Gasteiger partial charge in [-0.3, -0.25) is 14.8 Å². The minimum Gasteiger partial charge on any atom is -0.337 e. The average Bonchev–Trinajstić information content (AvgIpc) is 3.19. The second-order valence-electron chi connectivity index (χ2n) is 7.22. The lowest BCUT2D eigenvalue weighted by atomic mass is 10.0. The summed E-state index contributed by atoms with van der Waals surface area (Å²) < 4.78 is 69.5. The van der Waals surface area contributed by atoms with E-state index in [0.29, 0.717) is 17.8 Å². The molecule has 2 N–H and O–H groups in total. The highest BCUT2D eigenvalue weighted by Gasteiger charge is 2.31. The number of nitrogens with zero attached hydrogens (tertiary/aromatic N) is 5. The van der Waals surface area contributed by atoms with E-state index < -0.39 is 34.0 Å². The molecule has 0 atom stereocenters. The van der Waals surface area contributed by atoms with Crippen molar-refractivity contribution in [2.45, 2.75) is 6.18 Å². The maximum Gasteiger partial charge on any atom is 0.416 e. The summed E-state index contributed by atoms with van der Waals surface area (Å²) in [7, 11) is 1.67. The maximum absolute atomic E-state index is 14.7. The third-order valence-corrected chi connectivity index (χ3v) is 4.75. The lowest BCUT2D eigenvalue weighted by molar-refractivity contribution is -0.384. The molecule has 4 rings (SSSR count). The predicted molar refractivity (Wildman–Crippen MR) is 115 cm³/mol. The summed E-state index contributed by atoms with van der Waals surface area (Å²) in [6.45, 7) is 0. The summed E-state index contributed by atoms with van der Waals surface area (Å²) >= 11 is 0. The summed E-state index contributed by atoms with van der Waals surface area (Å²) in [5.74, 6) is -2.36. The highest BCUT2D eigenvalue weighted by molar-refractivity contribution is 5.79. The van der Waals surface area contributed by atoms with Gasteiger partial charge in [-0.1, -0.05) is 6.07 Å². The number of non-ortho nitro benzene ring substituents is 1. The van der Waals surface area contributed by atoms with Crippen molar-refractivity contribution in [2.24, 2.45) is 7.05 Å². The van der Waals surface area contributed by atoms with Crippen LogP contribution in [0.1, 0.15) is 5.56 Å². The van der Waals surface area contributed by atoms with Crippen molar-refractivity contribution in [1.82, 2.24) is 19.7 Å². The van der Waals surface area contributed by atoms with E-state index in [1.807, 2.05) is 0 Å². The Kier molecular flexibility index (Phi) is 6.03. The highest BCUT2D eigenvalue weighted by Crippen LogP contribution is 2.36. The molecule has 180 valence electrons.